The summed E-state index contributed by atoms with van der Waals surface area (Å²) in [6.07, 6.45) is 0.459. The largest absolute Gasteiger partial charge is 0.496 e. The summed E-state index contributed by atoms with van der Waals surface area (Å²) in [6, 6.07) is 2.04. The van der Waals surface area contributed by atoms with Crippen LogP contribution in [0.15, 0.2) is 12.1 Å². The van der Waals surface area contributed by atoms with E-state index >= 15 is 0 Å². The first-order chi connectivity index (χ1) is 6.54. The van der Waals surface area contributed by atoms with Gasteiger partial charge < -0.3 is 10.5 Å². The van der Waals surface area contributed by atoms with Gasteiger partial charge in [-0.25, -0.2) is 8.78 Å². The van der Waals surface area contributed by atoms with E-state index in [1.54, 1.807) is 6.92 Å². The Bertz CT molecular complexity index is 326. The minimum atomic E-state index is -0.907. The number of methoxy groups -OCH3 is 1. The van der Waals surface area contributed by atoms with Gasteiger partial charge in [0.15, 0.2) is 11.6 Å². The highest BCUT2D eigenvalue weighted by atomic mass is 19.2. The van der Waals surface area contributed by atoms with Crippen LogP contribution in [0, 0.1) is 11.6 Å². The second kappa shape index (κ2) is 4.37. The molecule has 78 valence electrons. The van der Waals surface area contributed by atoms with Crippen LogP contribution in [-0.2, 0) is 6.42 Å². The van der Waals surface area contributed by atoms with Crippen molar-refractivity contribution in [3.8, 4) is 5.75 Å². The fourth-order valence-corrected chi connectivity index (χ4v) is 1.27. The van der Waals surface area contributed by atoms with E-state index in [9.17, 15) is 8.78 Å². The maximum Gasteiger partial charge on any atom is 0.162 e. The van der Waals surface area contributed by atoms with Crippen molar-refractivity contribution in [3.05, 3.63) is 29.3 Å². The Labute approximate surface area is 81.7 Å². The molecule has 1 aromatic carbocycles. The molecular formula is C10H13F2NO. The van der Waals surface area contributed by atoms with Crippen LogP contribution in [-0.4, -0.2) is 13.2 Å². The second-order valence-electron chi connectivity index (χ2n) is 3.26. The third-order valence-electron chi connectivity index (χ3n) is 1.87. The average molecular weight is 201 g/mol. The highest BCUT2D eigenvalue weighted by Crippen LogP contribution is 2.22. The van der Waals surface area contributed by atoms with Gasteiger partial charge in [-0.1, -0.05) is 0 Å². The SMILES string of the molecule is COc1cc(F)c(F)cc1C[C@@H](C)N. The van der Waals surface area contributed by atoms with Gasteiger partial charge in [-0.15, -0.1) is 0 Å². The van der Waals surface area contributed by atoms with E-state index in [2.05, 4.69) is 0 Å². The normalized spacial score (nSPS) is 12.6. The number of rotatable bonds is 3. The lowest BCUT2D eigenvalue weighted by Crippen LogP contribution is -2.18. The summed E-state index contributed by atoms with van der Waals surface area (Å²) < 4.78 is 30.6. The lowest BCUT2D eigenvalue weighted by molar-refractivity contribution is 0.399. The van der Waals surface area contributed by atoms with E-state index < -0.39 is 11.6 Å². The zero-order valence-corrected chi connectivity index (χ0v) is 8.18. The summed E-state index contributed by atoms with van der Waals surface area (Å²) in [4.78, 5) is 0. The molecule has 1 rings (SSSR count). The fraction of sp³-hybridized carbons (Fsp3) is 0.400. The zero-order chi connectivity index (χ0) is 10.7. The molecule has 1 aromatic rings. The molecular weight excluding hydrogens is 188 g/mol. The monoisotopic (exact) mass is 201 g/mol. The minimum Gasteiger partial charge on any atom is -0.496 e. The Kier molecular flexibility index (Phi) is 3.41. The van der Waals surface area contributed by atoms with Gasteiger partial charge in [0.2, 0.25) is 0 Å². The van der Waals surface area contributed by atoms with E-state index in [1.165, 1.54) is 7.11 Å². The molecule has 0 bridgehead atoms. The van der Waals surface area contributed by atoms with Crippen LogP contribution >= 0.6 is 0 Å². The molecule has 0 spiro atoms. The van der Waals surface area contributed by atoms with Crippen molar-refractivity contribution in [2.75, 3.05) is 7.11 Å². The molecule has 0 saturated heterocycles. The number of halogens is 2. The predicted molar refractivity (Wildman–Crippen MR) is 50.3 cm³/mol. The summed E-state index contributed by atoms with van der Waals surface area (Å²) in [5, 5.41) is 0. The standard InChI is InChI=1S/C10H13F2NO/c1-6(13)3-7-4-8(11)9(12)5-10(7)14-2/h4-6H,3,13H2,1-2H3/t6-/m1/s1. The molecule has 2 nitrogen and oxygen atoms in total. The van der Waals surface area contributed by atoms with Crippen molar-refractivity contribution in [2.45, 2.75) is 19.4 Å². The topological polar surface area (TPSA) is 35.2 Å². The number of benzene rings is 1. The first-order valence-corrected chi connectivity index (χ1v) is 4.32. The van der Waals surface area contributed by atoms with Crippen molar-refractivity contribution in [1.29, 1.82) is 0 Å². The summed E-state index contributed by atoms with van der Waals surface area (Å²) in [6.45, 7) is 1.79. The summed E-state index contributed by atoms with van der Waals surface area (Å²) in [5.41, 5.74) is 6.15. The Balaban J connectivity index is 3.07. The number of hydrogen-bond acceptors (Lipinski definition) is 2. The van der Waals surface area contributed by atoms with E-state index in [0.717, 1.165) is 12.1 Å². The Morgan fingerprint density at radius 3 is 2.43 bits per heavy atom. The maximum absolute atomic E-state index is 12.9. The molecule has 2 N–H and O–H groups in total. The average Bonchev–Trinajstić information content (AvgIpc) is 2.10. The molecule has 0 aromatic heterocycles. The molecule has 0 fully saturated rings. The van der Waals surface area contributed by atoms with Crippen molar-refractivity contribution < 1.29 is 13.5 Å². The van der Waals surface area contributed by atoms with Crippen LogP contribution in [0.2, 0.25) is 0 Å². The highest BCUT2D eigenvalue weighted by molar-refractivity contribution is 5.35. The van der Waals surface area contributed by atoms with Crippen LogP contribution in [0.5, 0.6) is 5.75 Å². The summed E-state index contributed by atoms with van der Waals surface area (Å²) in [5.74, 6) is -1.45. The first kappa shape index (κ1) is 10.9. The number of hydrogen-bond donors (Lipinski definition) is 1. The van der Waals surface area contributed by atoms with Gasteiger partial charge in [0.25, 0.3) is 0 Å². The van der Waals surface area contributed by atoms with Crippen LogP contribution in [0.25, 0.3) is 0 Å². The van der Waals surface area contributed by atoms with Crippen LogP contribution in [0.3, 0.4) is 0 Å². The minimum absolute atomic E-state index is 0.117. The van der Waals surface area contributed by atoms with Gasteiger partial charge in [-0.2, -0.15) is 0 Å². The molecule has 1 atom stereocenters. The van der Waals surface area contributed by atoms with Crippen molar-refractivity contribution in [3.63, 3.8) is 0 Å². The fourth-order valence-electron chi connectivity index (χ4n) is 1.27. The molecule has 0 radical (unpaired) electrons. The first-order valence-electron chi connectivity index (χ1n) is 4.32. The van der Waals surface area contributed by atoms with Crippen molar-refractivity contribution >= 4 is 0 Å². The van der Waals surface area contributed by atoms with Crippen LogP contribution in [0.1, 0.15) is 12.5 Å². The highest BCUT2D eigenvalue weighted by Gasteiger charge is 2.11. The number of ether oxygens (including phenoxy) is 1. The van der Waals surface area contributed by atoms with Gasteiger partial charge in [0.05, 0.1) is 7.11 Å². The quantitative estimate of drug-likeness (QED) is 0.810. The Morgan fingerprint density at radius 1 is 1.36 bits per heavy atom. The predicted octanol–water partition coefficient (Wildman–Crippen LogP) is 1.86. The van der Waals surface area contributed by atoms with Gasteiger partial charge >= 0.3 is 0 Å². The lowest BCUT2D eigenvalue weighted by atomic mass is 10.1. The molecule has 4 heteroatoms. The third kappa shape index (κ3) is 2.42. The van der Waals surface area contributed by atoms with Crippen molar-refractivity contribution in [2.24, 2.45) is 5.73 Å². The number of nitrogens with two attached hydrogens (primary N) is 1. The third-order valence-corrected chi connectivity index (χ3v) is 1.87. The van der Waals surface area contributed by atoms with Crippen LogP contribution < -0.4 is 10.5 Å². The smallest absolute Gasteiger partial charge is 0.162 e. The molecule has 0 amide bonds. The molecule has 0 heterocycles. The molecule has 0 aliphatic carbocycles. The summed E-state index contributed by atoms with van der Waals surface area (Å²) >= 11 is 0. The van der Waals surface area contributed by atoms with Crippen LogP contribution in [0.4, 0.5) is 8.78 Å². The van der Waals surface area contributed by atoms with E-state index in [1.807, 2.05) is 0 Å². The van der Waals surface area contributed by atoms with E-state index in [-0.39, 0.29) is 6.04 Å². The van der Waals surface area contributed by atoms with E-state index in [4.69, 9.17) is 10.5 Å². The summed E-state index contributed by atoms with van der Waals surface area (Å²) in [7, 11) is 1.41. The van der Waals surface area contributed by atoms with Crippen molar-refractivity contribution in [1.82, 2.24) is 0 Å². The van der Waals surface area contributed by atoms with E-state index in [0.29, 0.717) is 17.7 Å². The molecule has 0 aliphatic rings. The zero-order valence-electron chi connectivity index (χ0n) is 8.18. The van der Waals surface area contributed by atoms with Gasteiger partial charge in [0.1, 0.15) is 5.75 Å². The Hall–Kier alpha value is -1.16. The molecule has 0 aliphatic heterocycles. The van der Waals surface area contributed by atoms with Gasteiger partial charge in [-0.05, 0) is 25.0 Å². The van der Waals surface area contributed by atoms with Gasteiger partial charge in [0, 0.05) is 12.1 Å². The van der Waals surface area contributed by atoms with Gasteiger partial charge in [-0.3, -0.25) is 0 Å². The molecule has 0 unspecified atom stereocenters. The maximum atomic E-state index is 12.9. The Morgan fingerprint density at radius 2 is 1.93 bits per heavy atom. The second-order valence-corrected chi connectivity index (χ2v) is 3.26. The lowest BCUT2D eigenvalue weighted by Gasteiger charge is -2.10. The molecule has 0 saturated carbocycles. The molecule has 14 heavy (non-hydrogen) atoms.